The molecule has 0 unspecified atom stereocenters. The summed E-state index contributed by atoms with van der Waals surface area (Å²) < 4.78 is 1.43. The van der Waals surface area contributed by atoms with Gasteiger partial charge in [-0.05, 0) is 36.8 Å². The number of H-pyrrole nitrogens is 1. The first-order valence-electron chi connectivity index (χ1n) is 7.62. The number of aromatic nitrogens is 4. The summed E-state index contributed by atoms with van der Waals surface area (Å²) in [6.07, 6.45) is 2.74. The summed E-state index contributed by atoms with van der Waals surface area (Å²) in [5, 5.41) is 13.1. The zero-order chi connectivity index (χ0) is 17.4. The molecule has 2 N–H and O–H groups in total. The molecule has 124 valence electrons. The van der Waals surface area contributed by atoms with E-state index in [4.69, 9.17) is 5.11 Å². The van der Waals surface area contributed by atoms with E-state index in [1.54, 1.807) is 11.8 Å². The van der Waals surface area contributed by atoms with E-state index in [0.717, 1.165) is 21.5 Å². The van der Waals surface area contributed by atoms with Crippen molar-refractivity contribution in [2.24, 2.45) is 0 Å². The van der Waals surface area contributed by atoms with E-state index in [2.05, 4.69) is 34.1 Å². The molecule has 25 heavy (non-hydrogen) atoms. The van der Waals surface area contributed by atoms with E-state index < -0.39 is 5.97 Å². The van der Waals surface area contributed by atoms with Gasteiger partial charge in [-0.1, -0.05) is 30.0 Å². The van der Waals surface area contributed by atoms with Crippen LogP contribution in [0.25, 0.3) is 17.0 Å². The number of aryl methyl sites for hydroxylation is 1. The molecule has 7 heteroatoms. The van der Waals surface area contributed by atoms with Crippen LogP contribution in [0.5, 0.6) is 0 Å². The highest BCUT2D eigenvalue weighted by molar-refractivity contribution is 7.99. The third-order valence-corrected chi connectivity index (χ3v) is 4.95. The van der Waals surface area contributed by atoms with Gasteiger partial charge in [0, 0.05) is 16.0 Å². The SMILES string of the molecule is Cc1cc2[nH]c(-n3cc(C(=O)O)cn3)nc2cc1Sc1ccccc1. The maximum absolute atomic E-state index is 11.0. The van der Waals surface area contributed by atoms with Gasteiger partial charge in [-0.25, -0.2) is 14.5 Å². The van der Waals surface area contributed by atoms with Crippen LogP contribution in [0, 0.1) is 6.92 Å². The van der Waals surface area contributed by atoms with Crippen LogP contribution in [0.3, 0.4) is 0 Å². The van der Waals surface area contributed by atoms with Crippen molar-refractivity contribution in [2.75, 3.05) is 0 Å². The highest BCUT2D eigenvalue weighted by Gasteiger charge is 2.12. The third kappa shape index (κ3) is 3.01. The average Bonchev–Trinajstić information content (AvgIpc) is 3.22. The number of carboxylic acid groups (broad SMARTS) is 1. The van der Waals surface area contributed by atoms with Gasteiger partial charge in [0.05, 0.1) is 22.8 Å². The lowest BCUT2D eigenvalue weighted by Crippen LogP contribution is -1.97. The van der Waals surface area contributed by atoms with Crippen molar-refractivity contribution in [1.82, 2.24) is 19.7 Å². The van der Waals surface area contributed by atoms with Crippen LogP contribution in [0.1, 0.15) is 15.9 Å². The molecule has 0 saturated heterocycles. The molecule has 0 radical (unpaired) electrons. The fourth-order valence-electron chi connectivity index (χ4n) is 2.52. The van der Waals surface area contributed by atoms with Gasteiger partial charge in [0.2, 0.25) is 5.95 Å². The molecule has 0 aliphatic rings. The van der Waals surface area contributed by atoms with E-state index in [9.17, 15) is 4.79 Å². The summed E-state index contributed by atoms with van der Waals surface area (Å²) in [5.74, 6) is -0.525. The molecule has 0 bridgehead atoms. The summed E-state index contributed by atoms with van der Waals surface area (Å²) in [4.78, 5) is 21.0. The minimum Gasteiger partial charge on any atom is -0.478 e. The van der Waals surface area contributed by atoms with Gasteiger partial charge in [0.1, 0.15) is 0 Å². The smallest absolute Gasteiger partial charge is 0.338 e. The summed E-state index contributed by atoms with van der Waals surface area (Å²) in [6, 6.07) is 14.2. The van der Waals surface area contributed by atoms with Gasteiger partial charge < -0.3 is 10.1 Å². The van der Waals surface area contributed by atoms with E-state index >= 15 is 0 Å². The quantitative estimate of drug-likeness (QED) is 0.583. The van der Waals surface area contributed by atoms with Crippen molar-refractivity contribution in [3.05, 3.63) is 66.0 Å². The van der Waals surface area contributed by atoms with Crippen LogP contribution in [-0.2, 0) is 0 Å². The van der Waals surface area contributed by atoms with Gasteiger partial charge in [-0.15, -0.1) is 0 Å². The number of hydrogen-bond acceptors (Lipinski definition) is 4. The number of nitrogens with one attached hydrogen (secondary N) is 1. The van der Waals surface area contributed by atoms with Crippen molar-refractivity contribution in [2.45, 2.75) is 16.7 Å². The Hall–Kier alpha value is -3.06. The number of hydrogen-bond donors (Lipinski definition) is 2. The van der Waals surface area contributed by atoms with Crippen LogP contribution in [0.2, 0.25) is 0 Å². The Morgan fingerprint density at radius 3 is 2.76 bits per heavy atom. The average molecular weight is 350 g/mol. The van der Waals surface area contributed by atoms with Gasteiger partial charge in [-0.2, -0.15) is 5.10 Å². The second kappa shape index (κ2) is 6.10. The molecule has 0 spiro atoms. The van der Waals surface area contributed by atoms with Gasteiger partial charge in [0.15, 0.2) is 0 Å². The van der Waals surface area contributed by atoms with Crippen molar-refractivity contribution in [3.8, 4) is 5.95 Å². The number of nitrogens with zero attached hydrogens (tertiary/aromatic N) is 3. The van der Waals surface area contributed by atoms with E-state index in [-0.39, 0.29) is 5.56 Å². The highest BCUT2D eigenvalue weighted by atomic mass is 32.2. The van der Waals surface area contributed by atoms with E-state index in [0.29, 0.717) is 5.95 Å². The van der Waals surface area contributed by atoms with Crippen molar-refractivity contribution in [3.63, 3.8) is 0 Å². The number of aromatic amines is 1. The van der Waals surface area contributed by atoms with Crippen molar-refractivity contribution < 1.29 is 9.90 Å². The summed E-state index contributed by atoms with van der Waals surface area (Å²) in [7, 11) is 0. The van der Waals surface area contributed by atoms with Crippen molar-refractivity contribution >= 4 is 28.8 Å². The first kappa shape index (κ1) is 15.5. The standard InChI is InChI=1S/C18H14N4O2S/c1-11-7-14-15(8-16(11)25-13-5-3-2-4-6-13)21-18(20-14)22-10-12(9-19-22)17(23)24/h2-10H,1H3,(H,20,21)(H,23,24). The molecule has 2 aromatic carbocycles. The molecular weight excluding hydrogens is 336 g/mol. The molecule has 0 atom stereocenters. The van der Waals surface area contributed by atoms with E-state index in [1.165, 1.54) is 22.0 Å². The van der Waals surface area contributed by atoms with Crippen LogP contribution in [0.15, 0.2) is 64.6 Å². The van der Waals surface area contributed by atoms with Gasteiger partial charge in [-0.3, -0.25) is 0 Å². The third-order valence-electron chi connectivity index (χ3n) is 3.78. The minimum absolute atomic E-state index is 0.122. The number of benzene rings is 2. The fraction of sp³-hybridized carbons (Fsp3) is 0.0556. The lowest BCUT2D eigenvalue weighted by molar-refractivity contribution is 0.0697. The molecule has 0 aliphatic heterocycles. The lowest BCUT2D eigenvalue weighted by atomic mass is 10.2. The summed E-state index contributed by atoms with van der Waals surface area (Å²) in [5.41, 5.74) is 2.96. The first-order valence-corrected chi connectivity index (χ1v) is 8.43. The number of carboxylic acids is 1. The van der Waals surface area contributed by atoms with Crippen LogP contribution >= 0.6 is 11.8 Å². The number of imidazole rings is 1. The van der Waals surface area contributed by atoms with E-state index in [1.807, 2.05) is 30.3 Å². The van der Waals surface area contributed by atoms with Gasteiger partial charge >= 0.3 is 5.97 Å². The Bertz CT molecular complexity index is 1070. The number of rotatable bonds is 4. The zero-order valence-electron chi connectivity index (χ0n) is 13.3. The largest absolute Gasteiger partial charge is 0.478 e. The number of fused-ring (bicyclic) bond motifs is 1. The zero-order valence-corrected chi connectivity index (χ0v) is 14.1. The molecule has 2 heterocycles. The Kier molecular flexibility index (Phi) is 3.77. The molecule has 2 aromatic heterocycles. The minimum atomic E-state index is -1.01. The van der Waals surface area contributed by atoms with Crippen LogP contribution < -0.4 is 0 Å². The molecule has 6 nitrogen and oxygen atoms in total. The second-order valence-corrected chi connectivity index (χ2v) is 6.70. The number of carbonyl (C=O) groups is 1. The topological polar surface area (TPSA) is 83.8 Å². The normalized spacial score (nSPS) is 11.1. The van der Waals surface area contributed by atoms with Crippen molar-refractivity contribution in [1.29, 1.82) is 0 Å². The highest BCUT2D eigenvalue weighted by Crippen LogP contribution is 2.32. The predicted octanol–water partition coefficient (Wildman–Crippen LogP) is 3.91. The first-order chi connectivity index (χ1) is 12.1. The molecular formula is C18H14N4O2S. The second-order valence-electron chi connectivity index (χ2n) is 5.59. The Labute approximate surface area is 147 Å². The molecule has 0 amide bonds. The molecule has 0 fully saturated rings. The maximum atomic E-state index is 11.0. The number of aromatic carboxylic acids is 1. The van der Waals surface area contributed by atoms with Crippen LogP contribution in [0.4, 0.5) is 0 Å². The molecule has 0 saturated carbocycles. The predicted molar refractivity (Wildman–Crippen MR) is 95.5 cm³/mol. The lowest BCUT2D eigenvalue weighted by Gasteiger charge is -2.05. The summed E-state index contributed by atoms with van der Waals surface area (Å²) in [6.45, 7) is 2.06. The Morgan fingerprint density at radius 2 is 2.04 bits per heavy atom. The fourth-order valence-corrected chi connectivity index (χ4v) is 3.45. The van der Waals surface area contributed by atoms with Crippen LogP contribution in [-0.4, -0.2) is 30.8 Å². The Balaban J connectivity index is 1.72. The molecule has 4 aromatic rings. The monoisotopic (exact) mass is 350 g/mol. The molecule has 4 rings (SSSR count). The summed E-state index contributed by atoms with van der Waals surface area (Å²) >= 11 is 1.69. The maximum Gasteiger partial charge on any atom is 0.338 e. The van der Waals surface area contributed by atoms with Gasteiger partial charge in [0.25, 0.3) is 0 Å². The Morgan fingerprint density at radius 1 is 1.24 bits per heavy atom. The molecule has 0 aliphatic carbocycles.